The number of benzene rings is 1. The number of alkyl halides is 3. The summed E-state index contributed by atoms with van der Waals surface area (Å²) in [5, 5.41) is 2.16. The van der Waals surface area contributed by atoms with Crippen LogP contribution in [0.5, 0.6) is 0 Å². The highest BCUT2D eigenvalue weighted by Gasteiger charge is 2.37. The van der Waals surface area contributed by atoms with Gasteiger partial charge in [-0.3, -0.25) is 10.1 Å². The summed E-state index contributed by atoms with van der Waals surface area (Å²) in [4.78, 5) is 11.4. The van der Waals surface area contributed by atoms with Crippen molar-refractivity contribution in [3.05, 3.63) is 34.3 Å². The van der Waals surface area contributed by atoms with Gasteiger partial charge in [0.15, 0.2) is 0 Å². The molecule has 7 heteroatoms. The molecule has 3 nitrogen and oxygen atoms in total. The number of rotatable bonds is 4. The molecule has 1 amide bonds. The van der Waals surface area contributed by atoms with Gasteiger partial charge >= 0.3 is 6.18 Å². The minimum absolute atomic E-state index is 0.377. The van der Waals surface area contributed by atoms with E-state index >= 15 is 0 Å². The van der Waals surface area contributed by atoms with Crippen molar-refractivity contribution in [2.24, 2.45) is 5.73 Å². The quantitative estimate of drug-likeness (QED) is 0.893. The molecule has 0 aliphatic rings. The zero-order valence-electron chi connectivity index (χ0n) is 9.51. The summed E-state index contributed by atoms with van der Waals surface area (Å²) in [6, 6.07) is 6.34. The van der Waals surface area contributed by atoms with Gasteiger partial charge in [0.05, 0.1) is 6.54 Å². The Kier molecular flexibility index (Phi) is 4.39. The lowest BCUT2D eigenvalue weighted by molar-refractivity contribution is -0.135. The standard InChI is InChI=1S/C11H12BrF3N2O/c1-10(9(16)18,17-6-11(13,14)15)7-2-4-8(12)5-3-7/h2-5,17H,6H2,1H3,(H2,16,18). The topological polar surface area (TPSA) is 55.1 Å². The van der Waals surface area contributed by atoms with Gasteiger partial charge in [-0.25, -0.2) is 0 Å². The Morgan fingerprint density at radius 2 is 1.83 bits per heavy atom. The number of primary amides is 1. The molecule has 100 valence electrons. The molecule has 1 atom stereocenters. The molecule has 0 saturated carbocycles. The van der Waals surface area contributed by atoms with Crippen molar-refractivity contribution in [1.82, 2.24) is 5.32 Å². The van der Waals surface area contributed by atoms with E-state index in [0.29, 0.717) is 5.56 Å². The number of carbonyl (C=O) groups is 1. The molecule has 0 aliphatic carbocycles. The summed E-state index contributed by atoms with van der Waals surface area (Å²) >= 11 is 3.20. The Morgan fingerprint density at radius 3 is 2.22 bits per heavy atom. The van der Waals surface area contributed by atoms with Crippen LogP contribution >= 0.6 is 15.9 Å². The molecule has 0 fully saturated rings. The van der Waals surface area contributed by atoms with Crippen molar-refractivity contribution in [3.8, 4) is 0 Å². The summed E-state index contributed by atoms with van der Waals surface area (Å²) in [5.74, 6) is -0.867. The maximum atomic E-state index is 12.2. The highest BCUT2D eigenvalue weighted by Crippen LogP contribution is 2.24. The average Bonchev–Trinajstić information content (AvgIpc) is 2.25. The first-order valence-corrected chi connectivity index (χ1v) is 5.82. The monoisotopic (exact) mass is 324 g/mol. The Balaban J connectivity index is 3.00. The number of hydrogen-bond donors (Lipinski definition) is 2. The maximum absolute atomic E-state index is 12.2. The van der Waals surface area contributed by atoms with Crippen molar-refractivity contribution in [2.45, 2.75) is 18.6 Å². The molecular weight excluding hydrogens is 313 g/mol. The summed E-state index contributed by atoms with van der Waals surface area (Å²) in [6.45, 7) is 0.0345. The molecule has 0 radical (unpaired) electrons. The largest absolute Gasteiger partial charge is 0.401 e. The Bertz CT molecular complexity index is 433. The third-order valence-electron chi connectivity index (χ3n) is 2.56. The van der Waals surface area contributed by atoms with Crippen LogP contribution in [0.15, 0.2) is 28.7 Å². The van der Waals surface area contributed by atoms with Gasteiger partial charge in [-0.1, -0.05) is 28.1 Å². The van der Waals surface area contributed by atoms with Crippen LogP contribution in [0.3, 0.4) is 0 Å². The molecule has 0 spiro atoms. The molecule has 1 aromatic carbocycles. The summed E-state index contributed by atoms with van der Waals surface area (Å²) in [7, 11) is 0. The van der Waals surface area contributed by atoms with Gasteiger partial charge in [0, 0.05) is 4.47 Å². The molecule has 18 heavy (non-hydrogen) atoms. The van der Waals surface area contributed by atoms with Crippen LogP contribution in [0.2, 0.25) is 0 Å². The first-order chi connectivity index (χ1) is 8.15. The molecule has 0 heterocycles. The second-order valence-corrected chi connectivity index (χ2v) is 4.88. The normalized spacial score (nSPS) is 15.2. The van der Waals surface area contributed by atoms with Crippen LogP contribution in [0, 0.1) is 0 Å². The predicted molar refractivity (Wildman–Crippen MR) is 64.7 cm³/mol. The summed E-state index contributed by atoms with van der Waals surface area (Å²) in [5.41, 5.74) is 4.01. The van der Waals surface area contributed by atoms with Gasteiger partial charge in [-0.2, -0.15) is 13.2 Å². The van der Waals surface area contributed by atoms with Gasteiger partial charge in [-0.05, 0) is 24.6 Å². The van der Waals surface area contributed by atoms with E-state index in [1.165, 1.54) is 19.1 Å². The first kappa shape index (κ1) is 15.0. The zero-order valence-corrected chi connectivity index (χ0v) is 11.1. The fourth-order valence-electron chi connectivity index (χ4n) is 1.39. The van der Waals surface area contributed by atoms with Gasteiger partial charge in [0.25, 0.3) is 0 Å². The van der Waals surface area contributed by atoms with E-state index in [1.54, 1.807) is 12.1 Å². The van der Waals surface area contributed by atoms with E-state index in [4.69, 9.17) is 5.73 Å². The minimum Gasteiger partial charge on any atom is -0.368 e. The third kappa shape index (κ3) is 3.71. The molecule has 1 aromatic rings. The zero-order chi connectivity index (χ0) is 14.0. The Labute approximate surface area is 111 Å². The van der Waals surface area contributed by atoms with E-state index in [-0.39, 0.29) is 0 Å². The van der Waals surface area contributed by atoms with Gasteiger partial charge in [0.2, 0.25) is 5.91 Å². The van der Waals surface area contributed by atoms with Gasteiger partial charge in [-0.15, -0.1) is 0 Å². The average molecular weight is 325 g/mol. The summed E-state index contributed by atoms with van der Waals surface area (Å²) in [6.07, 6.45) is -4.41. The molecule has 0 aliphatic heterocycles. The van der Waals surface area contributed by atoms with Gasteiger partial charge < -0.3 is 5.73 Å². The number of carbonyl (C=O) groups excluding carboxylic acids is 1. The van der Waals surface area contributed by atoms with Crippen LogP contribution in [0.1, 0.15) is 12.5 Å². The van der Waals surface area contributed by atoms with E-state index in [2.05, 4.69) is 21.2 Å². The lowest BCUT2D eigenvalue weighted by Gasteiger charge is -2.28. The second kappa shape index (κ2) is 5.27. The number of nitrogens with one attached hydrogen (secondary N) is 1. The SMILES string of the molecule is CC(NCC(F)(F)F)(C(N)=O)c1ccc(Br)cc1. The predicted octanol–water partition coefficient (Wildman–Crippen LogP) is 2.30. The first-order valence-electron chi connectivity index (χ1n) is 5.03. The molecule has 1 rings (SSSR count). The van der Waals surface area contributed by atoms with Crippen LogP contribution in [-0.2, 0) is 10.3 Å². The Morgan fingerprint density at radius 1 is 1.33 bits per heavy atom. The highest BCUT2D eigenvalue weighted by atomic mass is 79.9. The molecule has 1 unspecified atom stereocenters. The van der Waals surface area contributed by atoms with Crippen molar-refractivity contribution in [3.63, 3.8) is 0 Å². The minimum atomic E-state index is -4.41. The lowest BCUT2D eigenvalue weighted by atomic mass is 9.91. The fourth-order valence-corrected chi connectivity index (χ4v) is 1.66. The molecule has 3 N–H and O–H groups in total. The molecular formula is C11H12BrF3N2O. The van der Waals surface area contributed by atoms with Crippen LogP contribution in [-0.4, -0.2) is 18.6 Å². The van der Waals surface area contributed by atoms with E-state index in [1.807, 2.05) is 0 Å². The molecule has 0 bridgehead atoms. The van der Waals surface area contributed by atoms with Crippen molar-refractivity contribution < 1.29 is 18.0 Å². The number of halogens is 4. The summed E-state index contributed by atoms with van der Waals surface area (Å²) < 4.78 is 37.4. The van der Waals surface area contributed by atoms with Crippen molar-refractivity contribution in [2.75, 3.05) is 6.54 Å². The van der Waals surface area contributed by atoms with E-state index < -0.39 is 24.2 Å². The Hall–Kier alpha value is -1.08. The molecule has 0 saturated heterocycles. The highest BCUT2D eigenvalue weighted by molar-refractivity contribution is 9.10. The lowest BCUT2D eigenvalue weighted by Crippen LogP contribution is -2.53. The van der Waals surface area contributed by atoms with Crippen molar-refractivity contribution in [1.29, 1.82) is 0 Å². The van der Waals surface area contributed by atoms with E-state index in [9.17, 15) is 18.0 Å². The van der Waals surface area contributed by atoms with Crippen molar-refractivity contribution >= 4 is 21.8 Å². The maximum Gasteiger partial charge on any atom is 0.401 e. The fraction of sp³-hybridized carbons (Fsp3) is 0.364. The second-order valence-electron chi connectivity index (χ2n) is 3.96. The van der Waals surface area contributed by atoms with E-state index in [0.717, 1.165) is 4.47 Å². The van der Waals surface area contributed by atoms with Crippen LogP contribution in [0.25, 0.3) is 0 Å². The number of amides is 1. The number of hydrogen-bond acceptors (Lipinski definition) is 2. The van der Waals surface area contributed by atoms with Crippen LogP contribution in [0.4, 0.5) is 13.2 Å². The third-order valence-corrected chi connectivity index (χ3v) is 3.09. The smallest absolute Gasteiger partial charge is 0.368 e. The number of nitrogens with two attached hydrogens (primary N) is 1. The van der Waals surface area contributed by atoms with Gasteiger partial charge in [0.1, 0.15) is 5.54 Å². The molecule has 0 aromatic heterocycles. The van der Waals surface area contributed by atoms with Crippen LogP contribution < -0.4 is 11.1 Å².